The Balaban J connectivity index is 1.65. The van der Waals surface area contributed by atoms with Crippen molar-refractivity contribution in [2.75, 3.05) is 24.5 Å². The predicted molar refractivity (Wildman–Crippen MR) is 144 cm³/mol. The lowest BCUT2D eigenvalue weighted by Crippen LogP contribution is -2.47. The summed E-state index contributed by atoms with van der Waals surface area (Å²) in [5, 5.41) is 12.6. The average molecular weight is 571 g/mol. The molecule has 2 N–H and O–H groups in total. The predicted octanol–water partition coefficient (Wildman–Crippen LogP) is 4.89. The molecule has 0 saturated carbocycles. The number of aromatic nitrogens is 1. The van der Waals surface area contributed by atoms with Gasteiger partial charge >= 0.3 is 12.1 Å². The molecule has 0 bridgehead atoms. The Kier molecular flexibility index (Phi) is 8.62. The number of hydrogen-bond acceptors (Lipinski definition) is 6. The van der Waals surface area contributed by atoms with E-state index in [1.54, 1.807) is 43.0 Å². The smallest absolute Gasteiger partial charge is 0.421 e. The summed E-state index contributed by atoms with van der Waals surface area (Å²) in [6.45, 7) is 6.34. The number of nitrogens with one attached hydrogen (secondary N) is 1. The van der Waals surface area contributed by atoms with Gasteiger partial charge < -0.3 is 20.1 Å². The Bertz CT molecular complexity index is 1460. The van der Waals surface area contributed by atoms with Crippen LogP contribution in [0.1, 0.15) is 51.3 Å². The lowest BCUT2D eigenvalue weighted by molar-refractivity contribution is -0.139. The molecular formula is C29H29F3N4O5. The van der Waals surface area contributed by atoms with E-state index in [9.17, 15) is 32.7 Å². The van der Waals surface area contributed by atoms with Crippen molar-refractivity contribution in [3.63, 3.8) is 0 Å². The van der Waals surface area contributed by atoms with Crippen molar-refractivity contribution in [3.8, 4) is 11.6 Å². The van der Waals surface area contributed by atoms with E-state index < -0.39 is 35.5 Å². The number of carboxylic acids is 1. The number of ether oxygens (including phenoxy) is 1. The average Bonchev–Trinajstić information content (AvgIpc) is 2.90. The summed E-state index contributed by atoms with van der Waals surface area (Å²) in [7, 11) is 0. The fraction of sp³-hybridized carbons (Fsp3) is 0.310. The number of rotatable bonds is 8. The van der Waals surface area contributed by atoms with Crippen LogP contribution in [0.5, 0.6) is 11.6 Å². The van der Waals surface area contributed by atoms with Gasteiger partial charge in [-0.25, -0.2) is 9.78 Å². The normalized spacial score (nSPS) is 14.1. The molecular weight excluding hydrogens is 541 g/mol. The molecule has 1 saturated heterocycles. The molecule has 12 heteroatoms. The molecule has 2 amide bonds. The van der Waals surface area contributed by atoms with Crippen LogP contribution in [-0.4, -0.2) is 58.5 Å². The van der Waals surface area contributed by atoms with Crippen LogP contribution in [0.2, 0.25) is 0 Å². The van der Waals surface area contributed by atoms with Crippen LogP contribution in [0.4, 0.5) is 18.9 Å². The van der Waals surface area contributed by atoms with E-state index >= 15 is 0 Å². The monoisotopic (exact) mass is 570 g/mol. The molecule has 0 atom stereocenters. The number of hydrogen-bond donors (Lipinski definition) is 2. The molecule has 1 aromatic heterocycles. The number of piperazine rings is 1. The van der Waals surface area contributed by atoms with Crippen LogP contribution < -0.4 is 15.0 Å². The first-order chi connectivity index (χ1) is 19.3. The molecule has 0 aliphatic carbocycles. The number of anilines is 1. The van der Waals surface area contributed by atoms with E-state index in [-0.39, 0.29) is 41.6 Å². The van der Waals surface area contributed by atoms with Crippen molar-refractivity contribution in [3.05, 3.63) is 82.5 Å². The van der Waals surface area contributed by atoms with Gasteiger partial charge in [0.1, 0.15) is 11.3 Å². The van der Waals surface area contributed by atoms with Gasteiger partial charge in [0.2, 0.25) is 11.8 Å². The fourth-order valence-electron chi connectivity index (χ4n) is 4.48. The van der Waals surface area contributed by atoms with Crippen LogP contribution in [0, 0.1) is 6.92 Å². The van der Waals surface area contributed by atoms with Gasteiger partial charge in [-0.15, -0.1) is 0 Å². The minimum Gasteiger partial charge on any atom is -0.478 e. The number of halogens is 3. The molecule has 0 unspecified atom stereocenters. The SMILES string of the molecule is Cc1ccc(C(=O)N(c2ccc(Oc3ncc(CN4CCNC(=O)C4)cc3C(F)(F)F)cc2C(=O)O)C(C)C)cc1. The molecule has 216 valence electrons. The van der Waals surface area contributed by atoms with Crippen LogP contribution >= 0.6 is 0 Å². The minimum atomic E-state index is -4.82. The molecule has 1 fully saturated rings. The topological polar surface area (TPSA) is 112 Å². The number of nitrogens with zero attached hydrogens (tertiary/aromatic N) is 3. The number of amides is 2. The van der Waals surface area contributed by atoms with Gasteiger partial charge in [0.15, 0.2) is 0 Å². The summed E-state index contributed by atoms with van der Waals surface area (Å²) in [6, 6.07) is 11.0. The van der Waals surface area contributed by atoms with E-state index in [1.807, 2.05) is 6.92 Å². The first-order valence-electron chi connectivity index (χ1n) is 12.8. The fourth-order valence-corrected chi connectivity index (χ4v) is 4.48. The third-order valence-corrected chi connectivity index (χ3v) is 6.44. The van der Waals surface area contributed by atoms with E-state index in [2.05, 4.69) is 10.3 Å². The van der Waals surface area contributed by atoms with Crippen LogP contribution in [-0.2, 0) is 17.5 Å². The zero-order chi connectivity index (χ0) is 29.9. The molecule has 9 nitrogen and oxygen atoms in total. The molecule has 4 rings (SSSR count). The number of carbonyl (C=O) groups is 3. The zero-order valence-corrected chi connectivity index (χ0v) is 22.7. The lowest BCUT2D eigenvalue weighted by Gasteiger charge is -2.28. The van der Waals surface area contributed by atoms with Gasteiger partial charge in [-0.05, 0) is 62.7 Å². The van der Waals surface area contributed by atoms with Crippen molar-refractivity contribution >= 4 is 23.5 Å². The maximum Gasteiger partial charge on any atom is 0.421 e. The largest absolute Gasteiger partial charge is 0.478 e. The zero-order valence-electron chi connectivity index (χ0n) is 22.7. The second kappa shape index (κ2) is 12.0. The maximum absolute atomic E-state index is 14.0. The highest BCUT2D eigenvalue weighted by molar-refractivity contribution is 6.09. The molecule has 0 spiro atoms. The second-order valence-electron chi connectivity index (χ2n) is 9.98. The number of alkyl halides is 3. The minimum absolute atomic E-state index is 0.0593. The van der Waals surface area contributed by atoms with Gasteiger partial charge in [0.25, 0.3) is 5.91 Å². The molecule has 0 radical (unpaired) electrons. The standard InChI is InChI=1S/C29H29F3N4O5/c1-17(2)36(27(38)20-6-4-18(3)5-7-20)24-9-8-21(13-22(24)28(39)40)41-26-23(29(30,31)32)12-19(14-34-26)15-35-11-10-33-25(37)16-35/h4-9,12-14,17H,10-11,15-16H2,1-3H3,(H,33,37)(H,39,40). The summed E-state index contributed by atoms with van der Waals surface area (Å²) in [6.07, 6.45) is -3.59. The van der Waals surface area contributed by atoms with E-state index in [1.165, 1.54) is 23.2 Å². The molecule has 1 aliphatic rings. The van der Waals surface area contributed by atoms with Crippen LogP contribution in [0.25, 0.3) is 0 Å². The van der Waals surface area contributed by atoms with Crippen molar-refractivity contribution in [1.82, 2.24) is 15.2 Å². The molecule has 2 heterocycles. The molecule has 41 heavy (non-hydrogen) atoms. The van der Waals surface area contributed by atoms with Crippen LogP contribution in [0.3, 0.4) is 0 Å². The first kappa shape index (κ1) is 29.5. The third-order valence-electron chi connectivity index (χ3n) is 6.44. The Morgan fingerprint density at radius 2 is 1.85 bits per heavy atom. The number of benzene rings is 2. The summed E-state index contributed by atoms with van der Waals surface area (Å²) in [5.74, 6) is -2.99. The van der Waals surface area contributed by atoms with Gasteiger partial charge in [-0.2, -0.15) is 13.2 Å². The van der Waals surface area contributed by atoms with Crippen molar-refractivity contribution in [2.45, 2.75) is 39.5 Å². The summed E-state index contributed by atoms with van der Waals surface area (Å²) >= 11 is 0. The lowest BCUT2D eigenvalue weighted by atomic mass is 10.1. The van der Waals surface area contributed by atoms with Gasteiger partial charge in [0.05, 0.1) is 17.8 Å². The Morgan fingerprint density at radius 1 is 1.15 bits per heavy atom. The van der Waals surface area contributed by atoms with Crippen molar-refractivity contribution < 1.29 is 37.4 Å². The first-order valence-corrected chi connectivity index (χ1v) is 12.8. The summed E-state index contributed by atoms with van der Waals surface area (Å²) in [4.78, 5) is 44.1. The van der Waals surface area contributed by atoms with Crippen molar-refractivity contribution in [1.29, 1.82) is 0 Å². The summed E-state index contributed by atoms with van der Waals surface area (Å²) < 4.78 is 47.4. The highest BCUT2D eigenvalue weighted by atomic mass is 19.4. The number of carboxylic acid groups (broad SMARTS) is 1. The van der Waals surface area contributed by atoms with Crippen molar-refractivity contribution in [2.24, 2.45) is 0 Å². The number of aromatic carboxylic acids is 1. The maximum atomic E-state index is 14.0. The Labute approximate surface area is 234 Å². The summed E-state index contributed by atoms with van der Waals surface area (Å²) in [5.41, 5.74) is 0.133. The molecule has 3 aromatic rings. The van der Waals surface area contributed by atoms with E-state index in [4.69, 9.17) is 4.74 Å². The van der Waals surface area contributed by atoms with Gasteiger partial charge in [-0.3, -0.25) is 14.5 Å². The quantitative estimate of drug-likeness (QED) is 0.397. The second-order valence-corrected chi connectivity index (χ2v) is 9.98. The van der Waals surface area contributed by atoms with Gasteiger partial charge in [-0.1, -0.05) is 17.7 Å². The molecule has 1 aliphatic heterocycles. The van der Waals surface area contributed by atoms with E-state index in [0.29, 0.717) is 18.7 Å². The Morgan fingerprint density at radius 3 is 2.46 bits per heavy atom. The van der Waals surface area contributed by atoms with Gasteiger partial charge in [0, 0.05) is 37.4 Å². The highest BCUT2D eigenvalue weighted by Crippen LogP contribution is 2.38. The third kappa shape index (κ3) is 7.01. The number of aryl methyl sites for hydroxylation is 1. The highest BCUT2D eigenvalue weighted by Gasteiger charge is 2.36. The van der Waals surface area contributed by atoms with Crippen LogP contribution in [0.15, 0.2) is 54.7 Å². The van der Waals surface area contributed by atoms with E-state index in [0.717, 1.165) is 17.7 Å². The Hall–Kier alpha value is -4.45. The number of carbonyl (C=O) groups excluding carboxylic acids is 2. The number of pyridine rings is 1. The molecule has 2 aromatic carbocycles.